The highest BCUT2D eigenvalue weighted by Gasteiger charge is 2.27. The van der Waals surface area contributed by atoms with Gasteiger partial charge in [0.15, 0.2) is 0 Å². The number of carbonyl (C=O) groups is 1. The molecule has 4 rings (SSSR count). The Labute approximate surface area is 202 Å². The zero-order valence-corrected chi connectivity index (χ0v) is 20.2. The van der Waals surface area contributed by atoms with Gasteiger partial charge in [0.1, 0.15) is 11.5 Å². The van der Waals surface area contributed by atoms with E-state index in [0.29, 0.717) is 11.9 Å². The minimum atomic E-state index is 0.153. The lowest BCUT2D eigenvalue weighted by atomic mass is 9.97. The van der Waals surface area contributed by atoms with Crippen LogP contribution in [0.5, 0.6) is 11.5 Å². The fourth-order valence-electron chi connectivity index (χ4n) is 4.32. The standard InChI is InChI=1S/C28H34N4O2/c1-3-5-9-22(4-2)27(33)31-18-20-32(21-19-31)28-29-17-16-26(30-28)23-12-14-25(15-13-23)34-24-10-7-6-8-11-24/h6-8,10-17,22H,3-5,9,18-21H2,1-2H3/t22-/m1/s1. The van der Waals surface area contributed by atoms with E-state index in [1.54, 1.807) is 6.20 Å². The Bertz CT molecular complexity index is 1050. The van der Waals surface area contributed by atoms with Gasteiger partial charge in [-0.1, -0.05) is 44.9 Å². The van der Waals surface area contributed by atoms with Crippen LogP contribution >= 0.6 is 0 Å². The first-order valence-electron chi connectivity index (χ1n) is 12.4. The molecule has 1 fully saturated rings. The molecule has 178 valence electrons. The van der Waals surface area contributed by atoms with Gasteiger partial charge in [0, 0.05) is 43.9 Å². The van der Waals surface area contributed by atoms with E-state index in [1.165, 1.54) is 0 Å². The highest BCUT2D eigenvalue weighted by atomic mass is 16.5. The molecular formula is C28H34N4O2. The van der Waals surface area contributed by atoms with Crippen LogP contribution < -0.4 is 9.64 Å². The number of aromatic nitrogens is 2. The van der Waals surface area contributed by atoms with E-state index >= 15 is 0 Å². The van der Waals surface area contributed by atoms with Crippen molar-refractivity contribution in [3.05, 3.63) is 66.9 Å². The second-order valence-corrected chi connectivity index (χ2v) is 8.74. The fourth-order valence-corrected chi connectivity index (χ4v) is 4.32. The largest absolute Gasteiger partial charge is 0.457 e. The third kappa shape index (κ3) is 5.93. The smallest absolute Gasteiger partial charge is 0.225 e. The van der Waals surface area contributed by atoms with Gasteiger partial charge in [-0.25, -0.2) is 9.97 Å². The van der Waals surface area contributed by atoms with Gasteiger partial charge in [-0.15, -0.1) is 0 Å². The summed E-state index contributed by atoms with van der Waals surface area (Å²) in [6, 6.07) is 19.6. The maximum Gasteiger partial charge on any atom is 0.225 e. The second kappa shape index (κ2) is 11.6. The predicted molar refractivity (Wildman–Crippen MR) is 136 cm³/mol. The number of ether oxygens (including phenoxy) is 1. The molecule has 0 N–H and O–H groups in total. The number of amides is 1. The van der Waals surface area contributed by atoms with E-state index in [9.17, 15) is 4.79 Å². The number of nitrogens with zero attached hydrogens (tertiary/aromatic N) is 4. The molecule has 2 aromatic carbocycles. The molecule has 1 saturated heterocycles. The molecule has 34 heavy (non-hydrogen) atoms. The summed E-state index contributed by atoms with van der Waals surface area (Å²) in [5.74, 6) is 2.78. The van der Waals surface area contributed by atoms with Gasteiger partial charge >= 0.3 is 0 Å². The summed E-state index contributed by atoms with van der Waals surface area (Å²) in [4.78, 5) is 26.4. The van der Waals surface area contributed by atoms with Crippen molar-refractivity contribution < 1.29 is 9.53 Å². The molecule has 1 aliphatic rings. The third-order valence-electron chi connectivity index (χ3n) is 6.39. The van der Waals surface area contributed by atoms with E-state index in [-0.39, 0.29) is 5.92 Å². The zero-order chi connectivity index (χ0) is 23.8. The van der Waals surface area contributed by atoms with Crippen molar-refractivity contribution in [1.82, 2.24) is 14.9 Å². The Morgan fingerprint density at radius 1 is 0.941 bits per heavy atom. The number of rotatable bonds is 9. The van der Waals surface area contributed by atoms with Crippen LogP contribution in [0.15, 0.2) is 66.9 Å². The van der Waals surface area contributed by atoms with Crippen molar-refractivity contribution >= 4 is 11.9 Å². The Morgan fingerprint density at radius 2 is 1.65 bits per heavy atom. The van der Waals surface area contributed by atoms with E-state index in [0.717, 1.165) is 74.6 Å². The molecule has 0 bridgehead atoms. The molecule has 3 aromatic rings. The van der Waals surface area contributed by atoms with E-state index in [1.807, 2.05) is 65.6 Å². The number of piperazine rings is 1. The number of unbranched alkanes of at least 4 members (excludes halogenated alkanes) is 1. The van der Waals surface area contributed by atoms with Crippen molar-refractivity contribution in [2.75, 3.05) is 31.1 Å². The number of anilines is 1. The summed E-state index contributed by atoms with van der Waals surface area (Å²) < 4.78 is 5.89. The Morgan fingerprint density at radius 3 is 2.32 bits per heavy atom. The first kappa shape index (κ1) is 23.7. The SMILES string of the molecule is CCCC[C@@H](CC)C(=O)N1CCN(c2nccc(-c3ccc(Oc4ccccc4)cc3)n2)CC1. The molecule has 2 heterocycles. The van der Waals surface area contributed by atoms with Gasteiger partial charge < -0.3 is 14.5 Å². The van der Waals surface area contributed by atoms with Crippen molar-refractivity contribution in [2.24, 2.45) is 5.92 Å². The lowest BCUT2D eigenvalue weighted by Crippen LogP contribution is -2.50. The Balaban J connectivity index is 1.37. The quantitative estimate of drug-likeness (QED) is 0.405. The molecule has 1 aliphatic heterocycles. The molecule has 1 atom stereocenters. The molecule has 0 saturated carbocycles. The van der Waals surface area contributed by atoms with Gasteiger partial charge in [0.25, 0.3) is 0 Å². The van der Waals surface area contributed by atoms with Gasteiger partial charge in [-0.3, -0.25) is 4.79 Å². The highest BCUT2D eigenvalue weighted by Crippen LogP contribution is 2.26. The molecule has 6 nitrogen and oxygen atoms in total. The summed E-state index contributed by atoms with van der Waals surface area (Å²) in [5.41, 5.74) is 1.89. The maximum absolute atomic E-state index is 12.9. The van der Waals surface area contributed by atoms with E-state index in [4.69, 9.17) is 9.72 Å². The normalized spacial score (nSPS) is 14.6. The van der Waals surface area contributed by atoms with Crippen molar-refractivity contribution in [1.29, 1.82) is 0 Å². The van der Waals surface area contributed by atoms with Crippen LogP contribution in [0.4, 0.5) is 5.95 Å². The van der Waals surface area contributed by atoms with E-state index in [2.05, 4.69) is 23.7 Å². The fraction of sp³-hybridized carbons (Fsp3) is 0.393. The molecular weight excluding hydrogens is 424 g/mol. The number of benzene rings is 2. The number of carbonyl (C=O) groups excluding carboxylic acids is 1. The maximum atomic E-state index is 12.9. The van der Waals surface area contributed by atoms with Crippen LogP contribution in [-0.2, 0) is 4.79 Å². The average molecular weight is 459 g/mol. The predicted octanol–water partition coefficient (Wildman–Crippen LogP) is 5.80. The van der Waals surface area contributed by atoms with Gasteiger partial charge in [-0.2, -0.15) is 0 Å². The summed E-state index contributed by atoms with van der Waals surface area (Å²) >= 11 is 0. The van der Waals surface area contributed by atoms with Gasteiger partial charge in [0.2, 0.25) is 11.9 Å². The minimum Gasteiger partial charge on any atom is -0.457 e. The summed E-state index contributed by atoms with van der Waals surface area (Å²) in [6.07, 6.45) is 5.96. The summed E-state index contributed by atoms with van der Waals surface area (Å²) in [7, 11) is 0. The first-order valence-corrected chi connectivity index (χ1v) is 12.4. The zero-order valence-electron chi connectivity index (χ0n) is 20.2. The van der Waals surface area contributed by atoms with Crippen LogP contribution in [0.25, 0.3) is 11.3 Å². The molecule has 1 aromatic heterocycles. The third-order valence-corrected chi connectivity index (χ3v) is 6.39. The molecule has 0 unspecified atom stereocenters. The van der Waals surface area contributed by atoms with Crippen LogP contribution in [0.2, 0.25) is 0 Å². The molecule has 0 aliphatic carbocycles. The first-order chi connectivity index (χ1) is 16.7. The molecule has 0 radical (unpaired) electrons. The molecule has 1 amide bonds. The van der Waals surface area contributed by atoms with Gasteiger partial charge in [0.05, 0.1) is 5.69 Å². The van der Waals surface area contributed by atoms with Crippen molar-refractivity contribution in [3.8, 4) is 22.8 Å². The summed E-state index contributed by atoms with van der Waals surface area (Å²) in [5, 5.41) is 0. The van der Waals surface area contributed by atoms with Gasteiger partial charge in [-0.05, 0) is 55.3 Å². The lowest BCUT2D eigenvalue weighted by molar-refractivity contribution is -0.136. The minimum absolute atomic E-state index is 0.153. The summed E-state index contributed by atoms with van der Waals surface area (Å²) in [6.45, 7) is 7.25. The Kier molecular flexibility index (Phi) is 8.12. The topological polar surface area (TPSA) is 58.6 Å². The van der Waals surface area contributed by atoms with E-state index < -0.39 is 0 Å². The lowest BCUT2D eigenvalue weighted by Gasteiger charge is -2.36. The molecule has 0 spiro atoms. The highest BCUT2D eigenvalue weighted by molar-refractivity contribution is 5.79. The van der Waals surface area contributed by atoms with Crippen LogP contribution in [0.3, 0.4) is 0 Å². The number of para-hydroxylation sites is 1. The number of hydrogen-bond acceptors (Lipinski definition) is 5. The monoisotopic (exact) mass is 458 g/mol. The van der Waals surface area contributed by atoms with Crippen LogP contribution in [-0.4, -0.2) is 47.0 Å². The number of hydrogen-bond donors (Lipinski definition) is 0. The van der Waals surface area contributed by atoms with Crippen molar-refractivity contribution in [3.63, 3.8) is 0 Å². The van der Waals surface area contributed by atoms with Crippen molar-refractivity contribution in [2.45, 2.75) is 39.5 Å². The molecule has 6 heteroatoms. The average Bonchev–Trinajstić information content (AvgIpc) is 2.90. The second-order valence-electron chi connectivity index (χ2n) is 8.74. The van der Waals surface area contributed by atoms with Crippen LogP contribution in [0.1, 0.15) is 39.5 Å². The van der Waals surface area contributed by atoms with Crippen LogP contribution in [0, 0.1) is 5.92 Å². The Hall–Kier alpha value is -3.41.